The van der Waals surface area contributed by atoms with Crippen LogP contribution < -0.4 is 10.2 Å². The summed E-state index contributed by atoms with van der Waals surface area (Å²) in [5.74, 6) is 0.260. The van der Waals surface area contributed by atoms with Gasteiger partial charge in [0, 0.05) is 33.9 Å². The van der Waals surface area contributed by atoms with Crippen LogP contribution in [0.5, 0.6) is 0 Å². The third kappa shape index (κ3) is 3.40. The zero-order valence-corrected chi connectivity index (χ0v) is 16.1. The number of anilines is 2. The number of carbonyl (C=O) groups excluding carboxylic acids is 2. The van der Waals surface area contributed by atoms with E-state index in [9.17, 15) is 9.59 Å². The van der Waals surface area contributed by atoms with E-state index in [4.69, 9.17) is 0 Å². The van der Waals surface area contributed by atoms with Crippen LogP contribution in [0.3, 0.4) is 0 Å². The van der Waals surface area contributed by atoms with Gasteiger partial charge in [0.1, 0.15) is 0 Å². The van der Waals surface area contributed by atoms with E-state index in [0.717, 1.165) is 54.5 Å². The lowest BCUT2D eigenvalue weighted by molar-refractivity contribution is -0.122. The zero-order chi connectivity index (χ0) is 18.1. The van der Waals surface area contributed by atoms with E-state index in [1.807, 2.05) is 35.2 Å². The second-order valence-electron chi connectivity index (χ2n) is 7.03. The van der Waals surface area contributed by atoms with Crippen LogP contribution in [0.25, 0.3) is 0 Å². The molecule has 0 saturated heterocycles. The fraction of sp³-hybridized carbons (Fsp3) is 0.333. The Morgan fingerprint density at radius 2 is 1.88 bits per heavy atom. The summed E-state index contributed by atoms with van der Waals surface area (Å²) >= 11 is 3.39. The number of amides is 2. The Bertz CT molecular complexity index is 859. The first-order chi connectivity index (χ1) is 12.6. The summed E-state index contributed by atoms with van der Waals surface area (Å²) < 4.78 is 0.868. The van der Waals surface area contributed by atoms with Gasteiger partial charge in [-0.2, -0.15) is 0 Å². The number of nitrogens with zero attached hydrogens (tertiary/aromatic N) is 1. The monoisotopic (exact) mass is 412 g/mol. The molecule has 1 fully saturated rings. The first-order valence-corrected chi connectivity index (χ1v) is 9.92. The largest absolute Gasteiger partial charge is 0.322 e. The molecule has 2 aliphatic rings. The maximum absolute atomic E-state index is 12.8. The summed E-state index contributed by atoms with van der Waals surface area (Å²) in [6.45, 7) is 0.744. The van der Waals surface area contributed by atoms with Crippen molar-refractivity contribution in [3.8, 4) is 0 Å². The van der Waals surface area contributed by atoms with Gasteiger partial charge in [-0.1, -0.05) is 40.9 Å². The molecule has 0 atom stereocenters. The second-order valence-corrected chi connectivity index (χ2v) is 7.94. The van der Waals surface area contributed by atoms with Crippen molar-refractivity contribution in [1.29, 1.82) is 0 Å². The first-order valence-electron chi connectivity index (χ1n) is 9.13. The molecule has 0 radical (unpaired) electrons. The fourth-order valence-corrected chi connectivity index (χ4v) is 4.31. The molecule has 1 N–H and O–H groups in total. The number of nitrogens with one attached hydrogen (secondary N) is 1. The Hall–Kier alpha value is -2.14. The number of fused-ring (bicyclic) bond motifs is 1. The van der Waals surface area contributed by atoms with E-state index in [1.54, 1.807) is 12.1 Å². The predicted octanol–water partition coefficient (Wildman–Crippen LogP) is 4.78. The number of benzene rings is 2. The molecule has 4 nitrogen and oxygen atoms in total. The highest BCUT2D eigenvalue weighted by molar-refractivity contribution is 9.10. The molecule has 2 aromatic rings. The van der Waals surface area contributed by atoms with Gasteiger partial charge in [0.05, 0.1) is 0 Å². The molecule has 4 rings (SSSR count). The van der Waals surface area contributed by atoms with Gasteiger partial charge in [0.25, 0.3) is 5.91 Å². The summed E-state index contributed by atoms with van der Waals surface area (Å²) in [6, 6.07) is 13.2. The lowest BCUT2D eigenvalue weighted by Crippen LogP contribution is -2.33. The molecule has 134 valence electrons. The van der Waals surface area contributed by atoms with Crippen molar-refractivity contribution in [2.24, 2.45) is 5.92 Å². The third-order valence-electron chi connectivity index (χ3n) is 5.30. The average molecular weight is 413 g/mol. The molecule has 0 aromatic heterocycles. The quantitative estimate of drug-likeness (QED) is 0.788. The molecule has 1 saturated carbocycles. The Morgan fingerprint density at radius 3 is 2.65 bits per heavy atom. The van der Waals surface area contributed by atoms with Crippen LogP contribution in [0.15, 0.2) is 46.9 Å². The predicted molar refractivity (Wildman–Crippen MR) is 107 cm³/mol. The van der Waals surface area contributed by atoms with E-state index in [0.29, 0.717) is 5.56 Å². The highest BCUT2D eigenvalue weighted by Crippen LogP contribution is 2.35. The Morgan fingerprint density at radius 1 is 1.08 bits per heavy atom. The molecule has 5 heteroatoms. The number of halogens is 1. The molecule has 0 unspecified atom stereocenters. The summed E-state index contributed by atoms with van der Waals surface area (Å²) in [5, 5.41) is 2.95. The molecule has 0 bridgehead atoms. The minimum absolute atomic E-state index is 0.155. The number of hydrogen-bond acceptors (Lipinski definition) is 2. The van der Waals surface area contributed by atoms with Gasteiger partial charge < -0.3 is 10.2 Å². The van der Waals surface area contributed by atoms with Crippen LogP contribution in [-0.2, 0) is 11.2 Å². The van der Waals surface area contributed by atoms with Crippen LogP contribution in [0, 0.1) is 5.92 Å². The molecule has 2 amide bonds. The van der Waals surface area contributed by atoms with E-state index in [-0.39, 0.29) is 17.7 Å². The minimum atomic E-state index is -0.155. The van der Waals surface area contributed by atoms with Crippen molar-refractivity contribution in [3.63, 3.8) is 0 Å². The number of carbonyl (C=O) groups is 2. The van der Waals surface area contributed by atoms with Gasteiger partial charge in [-0.05, 0) is 55.2 Å². The van der Waals surface area contributed by atoms with Crippen molar-refractivity contribution in [3.05, 3.63) is 58.1 Å². The van der Waals surface area contributed by atoms with Crippen LogP contribution in [0.1, 0.15) is 41.6 Å². The first kappa shape index (κ1) is 17.3. The highest BCUT2D eigenvalue weighted by atomic mass is 79.9. The normalized spacial score (nSPS) is 16.6. The fourth-order valence-electron chi connectivity index (χ4n) is 3.91. The molecule has 1 aliphatic heterocycles. The Labute approximate surface area is 161 Å². The zero-order valence-electron chi connectivity index (χ0n) is 14.5. The molecule has 1 aliphatic carbocycles. The van der Waals surface area contributed by atoms with Gasteiger partial charge in [0.2, 0.25) is 5.91 Å². The number of rotatable bonds is 3. The van der Waals surface area contributed by atoms with Crippen LogP contribution in [0.2, 0.25) is 0 Å². The van der Waals surface area contributed by atoms with Crippen molar-refractivity contribution < 1.29 is 9.59 Å². The van der Waals surface area contributed by atoms with Crippen molar-refractivity contribution in [2.45, 2.75) is 32.1 Å². The lowest BCUT2D eigenvalue weighted by Gasteiger charge is -2.21. The van der Waals surface area contributed by atoms with E-state index in [2.05, 4.69) is 21.2 Å². The Kier molecular flexibility index (Phi) is 4.81. The molecular formula is C21H21BrN2O2. The van der Waals surface area contributed by atoms with E-state index in [1.165, 1.54) is 5.56 Å². The summed E-state index contributed by atoms with van der Waals surface area (Å²) in [5.41, 5.74) is 3.45. The molecule has 1 heterocycles. The molecule has 2 aromatic carbocycles. The van der Waals surface area contributed by atoms with Crippen molar-refractivity contribution in [2.75, 3.05) is 16.8 Å². The van der Waals surface area contributed by atoms with E-state index < -0.39 is 0 Å². The van der Waals surface area contributed by atoms with Gasteiger partial charge in [-0.3, -0.25) is 9.59 Å². The minimum Gasteiger partial charge on any atom is -0.322 e. The van der Waals surface area contributed by atoms with Gasteiger partial charge in [-0.25, -0.2) is 0 Å². The van der Waals surface area contributed by atoms with Gasteiger partial charge >= 0.3 is 0 Å². The van der Waals surface area contributed by atoms with E-state index >= 15 is 0 Å². The SMILES string of the molecule is O=C(Nc1ccc2c(c1)N(C(=O)C1CCCC1)CC2)c1cccc(Br)c1. The number of hydrogen-bond donors (Lipinski definition) is 1. The standard InChI is InChI=1S/C21H21BrN2O2/c22-17-7-3-6-16(12-17)20(25)23-18-9-8-14-10-11-24(19(14)13-18)21(26)15-4-1-2-5-15/h3,6-9,12-13,15H,1-2,4-5,10-11H2,(H,23,25). The maximum atomic E-state index is 12.8. The van der Waals surface area contributed by atoms with Crippen LogP contribution in [-0.4, -0.2) is 18.4 Å². The van der Waals surface area contributed by atoms with Gasteiger partial charge in [0.15, 0.2) is 0 Å². The van der Waals surface area contributed by atoms with Crippen LogP contribution in [0.4, 0.5) is 11.4 Å². The smallest absolute Gasteiger partial charge is 0.255 e. The van der Waals surface area contributed by atoms with Crippen molar-refractivity contribution in [1.82, 2.24) is 0 Å². The average Bonchev–Trinajstić information content (AvgIpc) is 3.31. The molecular weight excluding hydrogens is 392 g/mol. The highest BCUT2D eigenvalue weighted by Gasteiger charge is 2.31. The maximum Gasteiger partial charge on any atom is 0.255 e. The van der Waals surface area contributed by atoms with Crippen molar-refractivity contribution >= 4 is 39.1 Å². The second kappa shape index (κ2) is 7.23. The summed E-state index contributed by atoms with van der Waals surface area (Å²) in [6.07, 6.45) is 5.20. The lowest BCUT2D eigenvalue weighted by atomic mass is 10.1. The topological polar surface area (TPSA) is 49.4 Å². The third-order valence-corrected chi connectivity index (χ3v) is 5.79. The summed E-state index contributed by atoms with van der Waals surface area (Å²) in [4.78, 5) is 27.2. The molecule has 26 heavy (non-hydrogen) atoms. The Balaban J connectivity index is 1.54. The summed E-state index contributed by atoms with van der Waals surface area (Å²) in [7, 11) is 0. The van der Waals surface area contributed by atoms with Crippen LogP contribution >= 0.6 is 15.9 Å². The molecule has 0 spiro atoms. The van der Waals surface area contributed by atoms with Gasteiger partial charge in [-0.15, -0.1) is 0 Å².